The Morgan fingerprint density at radius 2 is 2.03 bits per heavy atom. The number of aromatic nitrogens is 4. The van der Waals surface area contributed by atoms with Crippen LogP contribution in [0.15, 0.2) is 43.4 Å². The molecule has 32 heavy (non-hydrogen) atoms. The van der Waals surface area contributed by atoms with Crippen molar-refractivity contribution in [2.45, 2.75) is 43.4 Å². The van der Waals surface area contributed by atoms with Gasteiger partial charge in [-0.1, -0.05) is 6.58 Å². The highest BCUT2D eigenvalue weighted by atomic mass is 19.3. The molecule has 4 heterocycles. The molecule has 0 amide bonds. The minimum Gasteiger partial charge on any atom is -0.507 e. The van der Waals surface area contributed by atoms with Gasteiger partial charge in [0.15, 0.2) is 5.82 Å². The van der Waals surface area contributed by atoms with Crippen molar-refractivity contribution in [3.63, 3.8) is 0 Å². The molecule has 0 aliphatic carbocycles. The van der Waals surface area contributed by atoms with Gasteiger partial charge in [0, 0.05) is 43.3 Å². The molecule has 2 aliphatic heterocycles. The molecule has 166 valence electrons. The molecular weight excluding hydrogens is 416 g/mol. The van der Waals surface area contributed by atoms with Crippen LogP contribution >= 0.6 is 0 Å². The van der Waals surface area contributed by atoms with Gasteiger partial charge >= 0.3 is 0 Å². The van der Waals surface area contributed by atoms with E-state index in [2.05, 4.69) is 32.1 Å². The van der Waals surface area contributed by atoms with Crippen LogP contribution in [0.4, 0.5) is 8.78 Å². The lowest BCUT2D eigenvalue weighted by molar-refractivity contribution is -0.0630. The molecule has 4 atom stereocenters. The van der Waals surface area contributed by atoms with Crippen molar-refractivity contribution in [1.82, 2.24) is 25.5 Å². The SMILES string of the molecule is C=C(c1cnc(-c2cc3ccncc3cc2O)nn1)C1C[C@@]2(C)NC(CC2(F)F)[C@@H]1OC. The maximum Gasteiger partial charge on any atom is 0.267 e. The minimum atomic E-state index is -2.83. The van der Waals surface area contributed by atoms with Gasteiger partial charge in [-0.3, -0.25) is 4.98 Å². The number of aromatic hydroxyl groups is 1. The second-order valence-corrected chi connectivity index (χ2v) is 8.79. The highest BCUT2D eigenvalue weighted by Gasteiger charge is 2.64. The molecule has 5 rings (SSSR count). The minimum absolute atomic E-state index is 0.0170. The first kappa shape index (κ1) is 20.8. The van der Waals surface area contributed by atoms with E-state index >= 15 is 0 Å². The maximum absolute atomic E-state index is 14.6. The summed E-state index contributed by atoms with van der Waals surface area (Å²) in [6.07, 6.45) is 4.27. The van der Waals surface area contributed by atoms with Crippen LogP contribution in [0, 0.1) is 5.92 Å². The summed E-state index contributed by atoms with van der Waals surface area (Å²) in [5.41, 5.74) is 0.0913. The molecule has 2 unspecified atom stereocenters. The van der Waals surface area contributed by atoms with E-state index in [4.69, 9.17) is 4.74 Å². The molecule has 0 spiro atoms. The lowest BCUT2D eigenvalue weighted by Gasteiger charge is -2.42. The van der Waals surface area contributed by atoms with Gasteiger partial charge in [-0.25, -0.2) is 13.8 Å². The third-order valence-electron chi connectivity index (χ3n) is 6.82. The second kappa shape index (κ2) is 7.25. The van der Waals surface area contributed by atoms with Crippen molar-refractivity contribution in [3.05, 3.63) is 49.1 Å². The molecule has 2 N–H and O–H groups in total. The van der Waals surface area contributed by atoms with Crippen LogP contribution in [0.2, 0.25) is 0 Å². The van der Waals surface area contributed by atoms with Crippen molar-refractivity contribution in [3.8, 4) is 17.1 Å². The van der Waals surface area contributed by atoms with Crippen LogP contribution in [-0.2, 0) is 4.74 Å². The largest absolute Gasteiger partial charge is 0.507 e. The lowest BCUT2D eigenvalue weighted by Crippen LogP contribution is -2.59. The van der Waals surface area contributed by atoms with Crippen molar-refractivity contribution < 1.29 is 18.6 Å². The van der Waals surface area contributed by atoms with E-state index in [0.29, 0.717) is 16.8 Å². The average Bonchev–Trinajstić information content (AvgIpc) is 2.96. The summed E-state index contributed by atoms with van der Waals surface area (Å²) < 4.78 is 34.8. The highest BCUT2D eigenvalue weighted by Crippen LogP contribution is 2.51. The van der Waals surface area contributed by atoms with Gasteiger partial charge in [0.2, 0.25) is 0 Å². The molecule has 2 fully saturated rings. The highest BCUT2D eigenvalue weighted by molar-refractivity contribution is 5.88. The Bertz CT molecular complexity index is 1200. The van der Waals surface area contributed by atoms with Gasteiger partial charge < -0.3 is 15.2 Å². The molecule has 2 aliphatic rings. The number of alkyl halides is 2. The molecule has 0 radical (unpaired) electrons. The number of ether oxygens (including phenoxy) is 1. The first-order valence-corrected chi connectivity index (χ1v) is 10.4. The number of phenolic OH excluding ortho intramolecular Hbond substituents is 1. The topological polar surface area (TPSA) is 93.1 Å². The van der Waals surface area contributed by atoms with Gasteiger partial charge in [-0.05, 0) is 42.5 Å². The van der Waals surface area contributed by atoms with E-state index in [1.54, 1.807) is 31.5 Å². The number of nitrogens with one attached hydrogen (secondary N) is 1. The predicted octanol–water partition coefficient (Wildman–Crippen LogP) is 3.60. The van der Waals surface area contributed by atoms with Gasteiger partial charge in [-0.15, -0.1) is 10.2 Å². The van der Waals surface area contributed by atoms with E-state index in [1.807, 2.05) is 6.07 Å². The van der Waals surface area contributed by atoms with Crippen molar-refractivity contribution in [1.29, 1.82) is 0 Å². The van der Waals surface area contributed by atoms with E-state index in [0.717, 1.165) is 10.8 Å². The monoisotopic (exact) mass is 439 g/mol. The normalized spacial score (nSPS) is 28.7. The smallest absolute Gasteiger partial charge is 0.267 e. The van der Waals surface area contributed by atoms with Gasteiger partial charge in [-0.2, -0.15) is 0 Å². The zero-order valence-electron chi connectivity index (χ0n) is 17.7. The van der Waals surface area contributed by atoms with E-state index in [-0.39, 0.29) is 30.3 Å². The molecule has 2 saturated heterocycles. The zero-order valence-corrected chi connectivity index (χ0v) is 17.7. The Morgan fingerprint density at radius 1 is 1.22 bits per heavy atom. The van der Waals surface area contributed by atoms with Crippen molar-refractivity contribution in [2.75, 3.05) is 7.11 Å². The van der Waals surface area contributed by atoms with E-state index in [9.17, 15) is 13.9 Å². The third kappa shape index (κ3) is 3.15. The standard InChI is InChI=1S/C23H23F2N5O2/c1-12(16-8-22(2)23(24,25)9-17(28-22)20(16)32-3)18-11-27-21(30-29-18)15-6-13-4-5-26-10-14(13)7-19(15)31/h4-7,10-11,16-17,20,28,31H,1,8-9H2,2-3H3/t16?,17?,20-,22-/m1/s1. The number of benzene rings is 1. The van der Waals surface area contributed by atoms with Crippen LogP contribution in [0.25, 0.3) is 27.7 Å². The van der Waals surface area contributed by atoms with Gasteiger partial charge in [0.25, 0.3) is 5.92 Å². The van der Waals surface area contributed by atoms with E-state index < -0.39 is 23.6 Å². The quantitative estimate of drug-likeness (QED) is 0.642. The van der Waals surface area contributed by atoms with Crippen LogP contribution < -0.4 is 5.32 Å². The van der Waals surface area contributed by atoms with Crippen LogP contribution in [0.5, 0.6) is 5.75 Å². The Hall–Kier alpha value is -3.04. The second-order valence-electron chi connectivity index (χ2n) is 8.79. The number of hydrogen-bond donors (Lipinski definition) is 2. The molecular formula is C23H23F2N5O2. The summed E-state index contributed by atoms with van der Waals surface area (Å²) in [5, 5.41) is 23.6. The average molecular weight is 439 g/mol. The van der Waals surface area contributed by atoms with Crippen LogP contribution in [-0.4, -0.2) is 56.0 Å². The van der Waals surface area contributed by atoms with Gasteiger partial charge in [0.05, 0.1) is 23.4 Å². The Morgan fingerprint density at radius 3 is 2.75 bits per heavy atom. The number of methoxy groups -OCH3 is 1. The fourth-order valence-electron chi connectivity index (χ4n) is 5.00. The van der Waals surface area contributed by atoms with Crippen LogP contribution in [0.3, 0.4) is 0 Å². The number of hydrogen-bond acceptors (Lipinski definition) is 7. The molecule has 0 saturated carbocycles. The first-order chi connectivity index (χ1) is 15.2. The van der Waals surface area contributed by atoms with Crippen molar-refractivity contribution >= 4 is 16.3 Å². The molecule has 2 aromatic heterocycles. The zero-order chi connectivity index (χ0) is 22.7. The maximum atomic E-state index is 14.6. The molecule has 7 nitrogen and oxygen atoms in total. The number of piperidine rings is 1. The fraction of sp³-hybridized carbons (Fsp3) is 0.391. The Balaban J connectivity index is 1.44. The summed E-state index contributed by atoms with van der Waals surface area (Å²) in [7, 11) is 1.52. The van der Waals surface area contributed by atoms with Gasteiger partial charge in [0.1, 0.15) is 11.4 Å². The molecule has 3 aromatic rings. The summed E-state index contributed by atoms with van der Waals surface area (Å²) in [6, 6.07) is 4.73. The number of halogens is 2. The first-order valence-electron chi connectivity index (χ1n) is 10.4. The number of pyridine rings is 1. The number of nitrogens with zero attached hydrogens (tertiary/aromatic N) is 4. The Labute approximate surface area is 183 Å². The van der Waals surface area contributed by atoms with Crippen LogP contribution in [0.1, 0.15) is 25.5 Å². The predicted molar refractivity (Wildman–Crippen MR) is 115 cm³/mol. The van der Waals surface area contributed by atoms with E-state index in [1.165, 1.54) is 13.3 Å². The lowest BCUT2D eigenvalue weighted by atomic mass is 9.77. The summed E-state index contributed by atoms with van der Waals surface area (Å²) in [4.78, 5) is 8.42. The molecule has 1 aromatic carbocycles. The molecule has 2 bridgehead atoms. The number of rotatable bonds is 4. The Kier molecular flexibility index (Phi) is 4.72. The number of fused-ring (bicyclic) bond motifs is 3. The third-order valence-corrected chi connectivity index (χ3v) is 6.82. The summed E-state index contributed by atoms with van der Waals surface area (Å²) in [5.74, 6) is -2.91. The number of phenols is 1. The molecule has 9 heteroatoms. The fourth-order valence-corrected chi connectivity index (χ4v) is 5.00. The summed E-state index contributed by atoms with van der Waals surface area (Å²) >= 11 is 0. The van der Waals surface area contributed by atoms with Crippen molar-refractivity contribution in [2.24, 2.45) is 5.92 Å². The summed E-state index contributed by atoms with van der Waals surface area (Å²) in [6.45, 7) is 5.68.